The maximum Gasteiger partial charge on any atom is 0.286 e. The highest BCUT2D eigenvalue weighted by atomic mass is 19.3. The Hall–Kier alpha value is -1.43. The van der Waals surface area contributed by atoms with E-state index in [1.807, 2.05) is 0 Å². The van der Waals surface area contributed by atoms with Gasteiger partial charge in [-0.25, -0.2) is 8.78 Å². The first-order chi connectivity index (χ1) is 5.67. The first kappa shape index (κ1) is 8.66. The van der Waals surface area contributed by atoms with Crippen LogP contribution >= 0.6 is 0 Å². The van der Waals surface area contributed by atoms with Gasteiger partial charge in [0.1, 0.15) is 6.42 Å². The number of halogens is 2. The Morgan fingerprint density at radius 2 is 1.83 bits per heavy atom. The summed E-state index contributed by atoms with van der Waals surface area (Å²) in [6, 6.07) is 8.81. The molecular weight excluding hydrogens is 160 g/mol. The van der Waals surface area contributed by atoms with Crippen LogP contribution in [0.5, 0.6) is 0 Å². The summed E-state index contributed by atoms with van der Waals surface area (Å²) in [7, 11) is 0. The average Bonchev–Trinajstić information content (AvgIpc) is 2.06. The number of rotatable bonds is 2. The van der Waals surface area contributed by atoms with Gasteiger partial charge in [-0.3, -0.25) is 0 Å². The fourth-order valence-electron chi connectivity index (χ4n) is 0.883. The Kier molecular flexibility index (Phi) is 2.39. The monoisotopic (exact) mass is 167 g/mol. The third kappa shape index (κ3) is 1.79. The lowest BCUT2D eigenvalue weighted by molar-refractivity contribution is 0.000951. The highest BCUT2D eigenvalue weighted by Crippen LogP contribution is 2.30. The van der Waals surface area contributed by atoms with E-state index in [1.165, 1.54) is 30.3 Å². The number of hydrogen-bond acceptors (Lipinski definition) is 1. The summed E-state index contributed by atoms with van der Waals surface area (Å²) in [4.78, 5) is 0. The van der Waals surface area contributed by atoms with Crippen LogP contribution in [0.2, 0.25) is 0 Å². The Bertz CT molecular complexity index is 287. The van der Waals surface area contributed by atoms with Gasteiger partial charge in [-0.1, -0.05) is 30.3 Å². The molecule has 0 aliphatic carbocycles. The molecule has 0 bridgehead atoms. The van der Waals surface area contributed by atoms with E-state index in [-0.39, 0.29) is 5.56 Å². The van der Waals surface area contributed by atoms with Crippen LogP contribution in [0.3, 0.4) is 0 Å². The van der Waals surface area contributed by atoms with Crippen LogP contribution in [-0.4, -0.2) is 0 Å². The maximum atomic E-state index is 12.9. The summed E-state index contributed by atoms with van der Waals surface area (Å²) < 4.78 is 25.9. The Balaban J connectivity index is 2.91. The number of nitriles is 1. The van der Waals surface area contributed by atoms with E-state index in [4.69, 9.17) is 5.26 Å². The van der Waals surface area contributed by atoms with E-state index in [1.54, 1.807) is 6.07 Å². The average molecular weight is 167 g/mol. The molecular formula is C9H7F2N. The summed E-state index contributed by atoms with van der Waals surface area (Å²) >= 11 is 0. The zero-order chi connectivity index (χ0) is 9.03. The molecule has 3 heteroatoms. The number of benzene rings is 1. The third-order valence-electron chi connectivity index (χ3n) is 1.50. The maximum absolute atomic E-state index is 12.9. The number of nitrogens with zero attached hydrogens (tertiary/aromatic N) is 1. The van der Waals surface area contributed by atoms with Gasteiger partial charge < -0.3 is 0 Å². The first-order valence-electron chi connectivity index (χ1n) is 3.47. The van der Waals surface area contributed by atoms with Gasteiger partial charge in [-0.2, -0.15) is 5.26 Å². The number of alkyl halides is 2. The molecule has 0 aliphatic rings. The lowest BCUT2D eigenvalue weighted by atomic mass is 10.1. The van der Waals surface area contributed by atoms with Gasteiger partial charge >= 0.3 is 0 Å². The second-order valence-corrected chi connectivity index (χ2v) is 2.41. The summed E-state index contributed by atoms with van der Waals surface area (Å²) in [5.74, 6) is -3.02. The van der Waals surface area contributed by atoms with E-state index in [0.29, 0.717) is 0 Å². The second kappa shape index (κ2) is 3.31. The van der Waals surface area contributed by atoms with Gasteiger partial charge in [0.15, 0.2) is 0 Å². The molecule has 0 aliphatic heterocycles. The second-order valence-electron chi connectivity index (χ2n) is 2.41. The molecule has 0 saturated heterocycles. The molecule has 0 fully saturated rings. The molecule has 0 radical (unpaired) electrons. The zero-order valence-electron chi connectivity index (χ0n) is 6.30. The van der Waals surface area contributed by atoms with Gasteiger partial charge in [0.05, 0.1) is 6.07 Å². The van der Waals surface area contributed by atoms with Crippen LogP contribution in [-0.2, 0) is 5.92 Å². The fraction of sp³-hybridized carbons (Fsp3) is 0.222. The summed E-state index contributed by atoms with van der Waals surface area (Å²) in [5.41, 5.74) is -0.105. The van der Waals surface area contributed by atoms with Gasteiger partial charge in [0.2, 0.25) is 0 Å². The van der Waals surface area contributed by atoms with Crippen molar-refractivity contribution >= 4 is 0 Å². The summed E-state index contributed by atoms with van der Waals surface area (Å²) in [6.07, 6.45) is -0.767. The Morgan fingerprint density at radius 1 is 1.25 bits per heavy atom. The normalized spacial score (nSPS) is 10.8. The van der Waals surface area contributed by atoms with E-state index in [0.717, 1.165) is 0 Å². The highest BCUT2D eigenvalue weighted by molar-refractivity contribution is 5.20. The number of hydrogen-bond donors (Lipinski definition) is 0. The molecule has 1 rings (SSSR count). The molecule has 0 unspecified atom stereocenters. The topological polar surface area (TPSA) is 23.8 Å². The van der Waals surface area contributed by atoms with E-state index < -0.39 is 12.3 Å². The first-order valence-corrected chi connectivity index (χ1v) is 3.47. The van der Waals surface area contributed by atoms with Crippen LogP contribution < -0.4 is 0 Å². The third-order valence-corrected chi connectivity index (χ3v) is 1.50. The van der Waals surface area contributed by atoms with Crippen LogP contribution in [0.1, 0.15) is 12.0 Å². The summed E-state index contributed by atoms with van der Waals surface area (Å²) in [5, 5.41) is 8.13. The molecule has 1 aromatic rings. The van der Waals surface area contributed by atoms with Crippen LogP contribution in [0, 0.1) is 11.3 Å². The van der Waals surface area contributed by atoms with Gasteiger partial charge in [0, 0.05) is 5.56 Å². The smallest absolute Gasteiger partial charge is 0.200 e. The van der Waals surface area contributed by atoms with Crippen LogP contribution in [0.4, 0.5) is 8.78 Å². The van der Waals surface area contributed by atoms with Crippen molar-refractivity contribution in [1.82, 2.24) is 0 Å². The molecule has 62 valence electrons. The minimum absolute atomic E-state index is 0.105. The summed E-state index contributed by atoms with van der Waals surface area (Å²) in [6.45, 7) is 0. The molecule has 1 nitrogen and oxygen atoms in total. The van der Waals surface area contributed by atoms with Crippen molar-refractivity contribution in [3.05, 3.63) is 35.9 Å². The predicted molar refractivity (Wildman–Crippen MR) is 40.6 cm³/mol. The van der Waals surface area contributed by atoms with Gasteiger partial charge in [-0.15, -0.1) is 0 Å². The van der Waals surface area contributed by atoms with Crippen molar-refractivity contribution in [1.29, 1.82) is 5.26 Å². The molecule has 0 atom stereocenters. The SMILES string of the molecule is N#CCC(F)(F)c1ccccc1. The van der Waals surface area contributed by atoms with Crippen LogP contribution in [0.25, 0.3) is 0 Å². The Labute approximate surface area is 69.2 Å². The van der Waals surface area contributed by atoms with Gasteiger partial charge in [0.25, 0.3) is 5.92 Å². The minimum atomic E-state index is -3.02. The fourth-order valence-corrected chi connectivity index (χ4v) is 0.883. The van der Waals surface area contributed by atoms with Crippen molar-refractivity contribution < 1.29 is 8.78 Å². The highest BCUT2D eigenvalue weighted by Gasteiger charge is 2.30. The molecule has 12 heavy (non-hydrogen) atoms. The van der Waals surface area contributed by atoms with Crippen molar-refractivity contribution in [3.63, 3.8) is 0 Å². The van der Waals surface area contributed by atoms with Crippen molar-refractivity contribution in [3.8, 4) is 6.07 Å². The molecule has 0 amide bonds. The van der Waals surface area contributed by atoms with Crippen molar-refractivity contribution in [2.45, 2.75) is 12.3 Å². The molecule has 0 N–H and O–H groups in total. The zero-order valence-corrected chi connectivity index (χ0v) is 6.30. The quantitative estimate of drug-likeness (QED) is 0.664. The van der Waals surface area contributed by atoms with Crippen LogP contribution in [0.15, 0.2) is 30.3 Å². The van der Waals surface area contributed by atoms with Gasteiger partial charge in [-0.05, 0) is 0 Å². The van der Waals surface area contributed by atoms with Crippen molar-refractivity contribution in [2.75, 3.05) is 0 Å². The van der Waals surface area contributed by atoms with Crippen molar-refractivity contribution in [2.24, 2.45) is 0 Å². The lowest BCUT2D eigenvalue weighted by Gasteiger charge is -2.11. The van der Waals surface area contributed by atoms with E-state index >= 15 is 0 Å². The van der Waals surface area contributed by atoms with E-state index in [2.05, 4.69) is 0 Å². The molecule has 0 aromatic heterocycles. The predicted octanol–water partition coefficient (Wildman–Crippen LogP) is 2.69. The standard InChI is InChI=1S/C9H7F2N/c10-9(11,6-7-12)8-4-2-1-3-5-8/h1-5H,6H2. The lowest BCUT2D eigenvalue weighted by Crippen LogP contribution is -2.11. The molecule has 0 heterocycles. The largest absolute Gasteiger partial charge is 0.286 e. The molecule has 1 aromatic carbocycles. The molecule has 0 spiro atoms. The molecule has 0 saturated carbocycles. The Morgan fingerprint density at radius 3 is 2.33 bits per heavy atom. The van der Waals surface area contributed by atoms with E-state index in [9.17, 15) is 8.78 Å². The minimum Gasteiger partial charge on any atom is -0.200 e.